The first-order chi connectivity index (χ1) is 13.9. The fraction of sp³-hybridized carbons (Fsp3) is 0.471. The van der Waals surface area contributed by atoms with Crippen molar-refractivity contribution in [3.8, 4) is 0 Å². The summed E-state index contributed by atoms with van der Waals surface area (Å²) in [6.07, 6.45) is 4.21. The van der Waals surface area contributed by atoms with Crippen molar-refractivity contribution in [2.45, 2.75) is 44.4 Å². The van der Waals surface area contributed by atoms with E-state index in [-0.39, 0.29) is 23.8 Å². The largest absolute Gasteiger partial charge is 0.421 e. The van der Waals surface area contributed by atoms with Gasteiger partial charge in [0.2, 0.25) is 5.95 Å². The van der Waals surface area contributed by atoms with E-state index in [0.29, 0.717) is 5.69 Å². The van der Waals surface area contributed by atoms with Crippen molar-refractivity contribution in [1.29, 1.82) is 0 Å². The monoisotopic (exact) mass is 407 g/mol. The number of nitrogens with zero attached hydrogens (tertiary/aromatic N) is 7. The van der Waals surface area contributed by atoms with Gasteiger partial charge in [-0.25, -0.2) is 9.67 Å². The third-order valence-electron chi connectivity index (χ3n) is 5.16. The van der Waals surface area contributed by atoms with E-state index in [9.17, 15) is 13.2 Å². The van der Waals surface area contributed by atoms with Gasteiger partial charge >= 0.3 is 6.18 Å². The predicted molar refractivity (Wildman–Crippen MR) is 98.8 cm³/mol. The molecule has 3 aromatic heterocycles. The molecule has 2 N–H and O–H groups in total. The van der Waals surface area contributed by atoms with E-state index in [2.05, 4.69) is 36.0 Å². The normalized spacial score (nSPS) is 19.5. The molecule has 1 aliphatic rings. The lowest BCUT2D eigenvalue weighted by Gasteiger charge is -2.15. The highest BCUT2D eigenvalue weighted by molar-refractivity contribution is 5.58. The Kier molecular flexibility index (Phi) is 4.84. The highest BCUT2D eigenvalue weighted by atomic mass is 19.4. The van der Waals surface area contributed by atoms with Gasteiger partial charge in [-0.2, -0.15) is 23.3 Å². The van der Waals surface area contributed by atoms with Gasteiger partial charge in [-0.1, -0.05) is 5.21 Å². The molecule has 0 bridgehead atoms. The van der Waals surface area contributed by atoms with Crippen molar-refractivity contribution in [3.05, 3.63) is 36.0 Å². The smallest absolute Gasteiger partial charge is 0.372 e. The Morgan fingerprint density at radius 2 is 1.97 bits per heavy atom. The molecule has 0 spiro atoms. The van der Waals surface area contributed by atoms with Crippen LogP contribution in [0.1, 0.15) is 42.6 Å². The molecule has 12 heteroatoms. The van der Waals surface area contributed by atoms with Crippen LogP contribution in [0.5, 0.6) is 0 Å². The molecule has 2 atom stereocenters. The number of aromatic nitrogens is 7. The van der Waals surface area contributed by atoms with E-state index in [1.807, 2.05) is 22.5 Å². The van der Waals surface area contributed by atoms with Gasteiger partial charge in [0.15, 0.2) is 0 Å². The SMILES string of the molecule is CNc1nc(Nc2cnn([C@@H]3CC[C@H](n4ccnn4)C3)c2C)ncc1C(F)(F)F. The van der Waals surface area contributed by atoms with Crippen LogP contribution < -0.4 is 10.6 Å². The third-order valence-corrected chi connectivity index (χ3v) is 5.16. The summed E-state index contributed by atoms with van der Waals surface area (Å²) < 4.78 is 42.8. The lowest BCUT2D eigenvalue weighted by Crippen LogP contribution is -2.13. The van der Waals surface area contributed by atoms with Crippen LogP contribution in [0.2, 0.25) is 0 Å². The molecule has 3 heterocycles. The number of anilines is 3. The van der Waals surface area contributed by atoms with E-state index in [0.717, 1.165) is 31.2 Å². The molecule has 0 amide bonds. The number of rotatable bonds is 5. The minimum Gasteiger partial charge on any atom is -0.372 e. The zero-order chi connectivity index (χ0) is 20.6. The Morgan fingerprint density at radius 3 is 2.66 bits per heavy atom. The van der Waals surface area contributed by atoms with Gasteiger partial charge in [-0.15, -0.1) is 5.10 Å². The van der Waals surface area contributed by atoms with Crippen molar-refractivity contribution in [2.24, 2.45) is 0 Å². The van der Waals surface area contributed by atoms with Gasteiger partial charge in [0.05, 0.1) is 35.9 Å². The summed E-state index contributed by atoms with van der Waals surface area (Å²) in [7, 11) is 1.39. The summed E-state index contributed by atoms with van der Waals surface area (Å²) in [4.78, 5) is 7.74. The first-order valence-electron chi connectivity index (χ1n) is 9.15. The average molecular weight is 407 g/mol. The molecule has 0 radical (unpaired) electrons. The molecule has 1 saturated carbocycles. The van der Waals surface area contributed by atoms with Crippen molar-refractivity contribution in [3.63, 3.8) is 0 Å². The van der Waals surface area contributed by atoms with Crippen LogP contribution in [0.15, 0.2) is 24.8 Å². The topological polar surface area (TPSA) is 98.4 Å². The maximum atomic E-state index is 13.0. The van der Waals surface area contributed by atoms with Crippen LogP contribution in [0.25, 0.3) is 0 Å². The number of hydrogen-bond donors (Lipinski definition) is 2. The number of nitrogens with one attached hydrogen (secondary N) is 2. The quantitative estimate of drug-likeness (QED) is 0.669. The second-order valence-corrected chi connectivity index (χ2v) is 6.92. The molecule has 154 valence electrons. The van der Waals surface area contributed by atoms with E-state index in [4.69, 9.17) is 0 Å². The van der Waals surface area contributed by atoms with E-state index in [1.54, 1.807) is 12.4 Å². The zero-order valence-corrected chi connectivity index (χ0v) is 15.8. The van der Waals surface area contributed by atoms with Gasteiger partial charge in [0.25, 0.3) is 0 Å². The molecule has 0 aromatic carbocycles. The molecule has 0 aliphatic heterocycles. The zero-order valence-electron chi connectivity index (χ0n) is 15.8. The van der Waals surface area contributed by atoms with Crippen molar-refractivity contribution in [2.75, 3.05) is 17.7 Å². The molecule has 9 nitrogen and oxygen atoms in total. The Hall–Kier alpha value is -3.18. The Balaban J connectivity index is 1.51. The lowest BCUT2D eigenvalue weighted by atomic mass is 10.2. The van der Waals surface area contributed by atoms with Crippen LogP contribution in [-0.2, 0) is 6.18 Å². The molecule has 3 aromatic rings. The van der Waals surface area contributed by atoms with Crippen LogP contribution in [-0.4, -0.2) is 41.8 Å². The molecule has 0 unspecified atom stereocenters. The van der Waals surface area contributed by atoms with Crippen LogP contribution in [0, 0.1) is 6.92 Å². The van der Waals surface area contributed by atoms with Crippen LogP contribution in [0.3, 0.4) is 0 Å². The van der Waals surface area contributed by atoms with Gasteiger partial charge in [-0.05, 0) is 26.2 Å². The minimum absolute atomic E-state index is 0.0666. The van der Waals surface area contributed by atoms with Crippen molar-refractivity contribution < 1.29 is 13.2 Å². The summed E-state index contributed by atoms with van der Waals surface area (Å²) in [6.45, 7) is 1.90. The maximum Gasteiger partial charge on any atom is 0.421 e. The first kappa shape index (κ1) is 19.2. The maximum absolute atomic E-state index is 13.0. The van der Waals surface area contributed by atoms with Crippen molar-refractivity contribution in [1.82, 2.24) is 34.7 Å². The third kappa shape index (κ3) is 3.74. The molecule has 29 heavy (non-hydrogen) atoms. The predicted octanol–water partition coefficient (Wildman–Crippen LogP) is 3.34. The second-order valence-electron chi connectivity index (χ2n) is 6.92. The van der Waals surface area contributed by atoms with Gasteiger partial charge in [0, 0.05) is 19.4 Å². The fourth-order valence-electron chi connectivity index (χ4n) is 3.68. The van der Waals surface area contributed by atoms with Gasteiger partial charge in [-0.3, -0.25) is 4.68 Å². The molecule has 1 fully saturated rings. The highest BCUT2D eigenvalue weighted by Crippen LogP contribution is 2.38. The Labute approximate surface area is 164 Å². The summed E-state index contributed by atoms with van der Waals surface area (Å²) >= 11 is 0. The molecule has 1 aliphatic carbocycles. The van der Waals surface area contributed by atoms with E-state index < -0.39 is 11.7 Å². The first-order valence-corrected chi connectivity index (χ1v) is 9.15. The second kappa shape index (κ2) is 7.33. The van der Waals surface area contributed by atoms with Crippen molar-refractivity contribution >= 4 is 17.5 Å². The van der Waals surface area contributed by atoms with Gasteiger partial charge in [0.1, 0.15) is 11.4 Å². The lowest BCUT2D eigenvalue weighted by molar-refractivity contribution is -0.137. The molecular formula is C17H20F3N9. The summed E-state index contributed by atoms with van der Waals surface area (Å²) in [6, 6.07) is 0.486. The number of hydrogen-bond acceptors (Lipinski definition) is 7. The van der Waals surface area contributed by atoms with Crippen LogP contribution >= 0.6 is 0 Å². The number of alkyl halides is 3. The molecule has 0 saturated heterocycles. The minimum atomic E-state index is -4.53. The standard InChI is InChI=1S/C17H20F3N9/c1-10-14(25-16-22-8-13(17(18,19)20)15(21-2)26-16)9-24-29(10)12-4-3-11(7-12)28-6-5-23-27-28/h5-6,8-9,11-12H,3-4,7H2,1-2H3,(H2,21,22,25,26)/t11-,12+/m0/s1. The number of halogens is 3. The highest BCUT2D eigenvalue weighted by Gasteiger charge is 2.35. The summed E-state index contributed by atoms with van der Waals surface area (Å²) in [5.74, 6) is -0.219. The van der Waals surface area contributed by atoms with Crippen LogP contribution in [0.4, 0.5) is 30.6 Å². The Bertz CT molecular complexity index is 981. The summed E-state index contributed by atoms with van der Waals surface area (Å²) in [5, 5.41) is 17.8. The van der Waals surface area contributed by atoms with E-state index >= 15 is 0 Å². The Morgan fingerprint density at radius 1 is 1.17 bits per heavy atom. The van der Waals surface area contributed by atoms with E-state index in [1.165, 1.54) is 7.05 Å². The fourth-order valence-corrected chi connectivity index (χ4v) is 3.68. The molecule has 4 rings (SSSR count). The van der Waals surface area contributed by atoms with Gasteiger partial charge < -0.3 is 10.6 Å². The average Bonchev–Trinajstić information content (AvgIpc) is 3.42. The summed E-state index contributed by atoms with van der Waals surface area (Å²) in [5.41, 5.74) is 0.600. The molecular weight excluding hydrogens is 387 g/mol.